The van der Waals surface area contributed by atoms with Crippen LogP contribution in [0.2, 0.25) is 0 Å². The molecule has 0 saturated carbocycles. The molecule has 0 radical (unpaired) electrons. The summed E-state index contributed by atoms with van der Waals surface area (Å²) in [7, 11) is 0. The molecule has 0 aliphatic carbocycles. The third-order valence-electron chi connectivity index (χ3n) is 12.8. The number of carboxylic acids is 1. The third kappa shape index (κ3) is 21.4. The molecule has 0 aromatic carbocycles. The molecular weight excluding hydrogens is 976 g/mol. The molecule has 4 rings (SSSR count). The highest BCUT2D eigenvalue weighted by molar-refractivity contribution is 5.71. The van der Waals surface area contributed by atoms with Crippen molar-refractivity contribution in [2.45, 2.75) is 177 Å². The molecule has 23 heteroatoms. The van der Waals surface area contributed by atoms with Gasteiger partial charge in [0.1, 0.15) is 23.9 Å². The molecule has 0 unspecified atom stereocenters. The van der Waals surface area contributed by atoms with E-state index in [-0.39, 0.29) is 37.4 Å². The molecule has 2 fully saturated rings. The van der Waals surface area contributed by atoms with Gasteiger partial charge in [0.15, 0.2) is 17.9 Å². The number of carboxylic acid groups (broad SMARTS) is 1. The van der Waals surface area contributed by atoms with Gasteiger partial charge in [-0.3, -0.25) is 14.6 Å². The van der Waals surface area contributed by atoms with Gasteiger partial charge in [-0.15, -0.1) is 0 Å². The van der Waals surface area contributed by atoms with E-state index in [9.17, 15) is 74.9 Å². The number of ether oxygens (including phenoxy) is 4. The molecule has 22 nitrogen and oxygen atoms in total. The molecule has 0 amide bonds. The van der Waals surface area contributed by atoms with E-state index in [4.69, 9.17) is 30.4 Å². The number of hydrogen-bond acceptors (Lipinski definition) is 20. The number of anilines is 1. The first-order valence-electron chi connectivity index (χ1n) is 24.5. The van der Waals surface area contributed by atoms with Gasteiger partial charge in [-0.25, -0.2) is 9.18 Å². The Balaban J connectivity index is 0.00000144. The maximum absolute atomic E-state index is 12.6. The van der Waals surface area contributed by atoms with Crippen LogP contribution in [-0.2, 0) is 28.5 Å². The summed E-state index contributed by atoms with van der Waals surface area (Å²) < 4.78 is 35.3. The zero-order valence-corrected chi connectivity index (χ0v) is 42.0. The Hall–Kier alpha value is -4.83. The smallest absolute Gasteiger partial charge is 0.346 e. The van der Waals surface area contributed by atoms with Crippen LogP contribution >= 0.6 is 0 Å². The Morgan fingerprint density at radius 3 is 1.88 bits per heavy atom. The highest BCUT2D eigenvalue weighted by Crippen LogP contribution is 2.38. The topological polar surface area (TPSA) is 391 Å². The van der Waals surface area contributed by atoms with Crippen LogP contribution in [0.15, 0.2) is 96.1 Å². The van der Waals surface area contributed by atoms with Crippen LogP contribution in [0.4, 0.5) is 10.2 Å². The van der Waals surface area contributed by atoms with Crippen LogP contribution in [-0.4, -0.2) is 176 Å². The highest BCUT2D eigenvalue weighted by atomic mass is 19.1. The SMILES string of the molecule is C[C@@H]1[C@H](O)[C@@H](C)/C=C/C=C/C=C/C=C/C=C/C=C/C=C/[C@H](O[C@@H]2O[C@H](C)[C@@H](O)[C@H](N)[C@@H]2O)C[C@@H]2O[C@](O)(C[C@@H](O)C[C@@H](O)[C@H](O)CC[C@@H](O)C[C@@H](O)CC(=O)O[C@H]1C)C[C@H](O)[C@H]2C(=O)O.Nc1[nH]c(=O)ncc1F. The first-order valence-corrected chi connectivity index (χ1v) is 24.5. The predicted octanol–water partition coefficient (Wildman–Crippen LogP) is 0.203. The van der Waals surface area contributed by atoms with Gasteiger partial charge in [-0.1, -0.05) is 98.9 Å². The largest absolute Gasteiger partial charge is 0.481 e. The second kappa shape index (κ2) is 31.3. The van der Waals surface area contributed by atoms with E-state index >= 15 is 0 Å². The van der Waals surface area contributed by atoms with Crippen LogP contribution in [0.3, 0.4) is 0 Å². The predicted molar refractivity (Wildman–Crippen MR) is 266 cm³/mol. The highest BCUT2D eigenvalue weighted by Gasteiger charge is 2.51. The average molecular weight is 1050 g/mol. The number of allylic oxidation sites excluding steroid dienone is 12. The normalized spacial score (nSPS) is 41.1. The standard InChI is InChI=1S/C47H73NO17.C4H4FN3O/c1-27-17-15-13-11-9-7-5-6-8-10-12-14-16-18-34(64-46-44(58)41(48)43(57)30(4)63-46)24-38-40(45(59)60)37(54)26-47(61,65-38)25-33(51)22-36(53)35(52)20-19-31(49)21-32(50)23-39(55)62-29(3)28(2)42(27)56;5-2-1-7-4(9)8-3(2)6/h5-18,27-38,40-44,46,49-54,56-58,61H,19-26,48H2,1-4H3,(H,59,60);1H,(H3,6,7,8,9)/b6-5+,9-7+,10-8+,13-11+,14-12+,17-15+,18-16+;/t27-,28-,29-,30+,31+,32+,33-,34-,35+,36+,37-,38-,40+,41-,42+,43+,44-,46-,47+;/m0./s1. The maximum Gasteiger partial charge on any atom is 0.346 e. The number of nitrogens with zero attached hydrogens (tertiary/aromatic N) is 1. The number of aliphatic carboxylic acids is 1. The second-order valence-electron chi connectivity index (χ2n) is 19.0. The summed E-state index contributed by atoms with van der Waals surface area (Å²) in [5, 5.41) is 118. The fraction of sp³-hybridized carbons (Fsp3) is 0.608. The number of halogens is 1. The minimum absolute atomic E-state index is 0.107. The van der Waals surface area contributed by atoms with E-state index in [1.807, 2.05) is 24.1 Å². The molecule has 3 aliphatic rings. The number of cyclic esters (lactones) is 1. The number of fused-ring (bicyclic) bond motifs is 2. The van der Waals surface area contributed by atoms with Crippen molar-refractivity contribution in [2.24, 2.45) is 23.5 Å². The average Bonchev–Trinajstić information content (AvgIpc) is 3.31. The quantitative estimate of drug-likeness (QED) is 0.180. The van der Waals surface area contributed by atoms with E-state index in [2.05, 4.69) is 4.98 Å². The number of hydrogen-bond donors (Lipinski definition) is 14. The lowest BCUT2D eigenvalue weighted by Crippen LogP contribution is -2.61. The van der Waals surface area contributed by atoms with E-state index in [0.717, 1.165) is 6.20 Å². The zero-order chi connectivity index (χ0) is 55.3. The molecule has 1 aromatic rings. The minimum Gasteiger partial charge on any atom is -0.481 e. The molecule has 74 heavy (non-hydrogen) atoms. The number of nitrogens with one attached hydrogen (secondary N) is 1. The molecule has 0 spiro atoms. The van der Waals surface area contributed by atoms with Gasteiger partial charge < -0.3 is 86.6 Å². The zero-order valence-electron chi connectivity index (χ0n) is 42.0. The van der Waals surface area contributed by atoms with Crippen molar-refractivity contribution in [2.75, 3.05) is 5.73 Å². The molecule has 2 bridgehead atoms. The van der Waals surface area contributed by atoms with Gasteiger partial charge in [0.25, 0.3) is 0 Å². The van der Waals surface area contributed by atoms with Gasteiger partial charge in [0.05, 0.1) is 85.8 Å². The van der Waals surface area contributed by atoms with E-state index < -0.39 is 158 Å². The van der Waals surface area contributed by atoms with Gasteiger partial charge in [-0.2, -0.15) is 4.98 Å². The van der Waals surface area contributed by atoms with Crippen molar-refractivity contribution in [3.8, 4) is 0 Å². The molecule has 2 saturated heterocycles. The Kier molecular flexibility index (Phi) is 26.8. The summed E-state index contributed by atoms with van der Waals surface area (Å²) >= 11 is 0. The van der Waals surface area contributed by atoms with E-state index in [1.165, 1.54) is 13.0 Å². The number of rotatable bonds is 3. The fourth-order valence-electron chi connectivity index (χ4n) is 8.36. The molecule has 416 valence electrons. The van der Waals surface area contributed by atoms with E-state index in [0.29, 0.717) is 0 Å². The van der Waals surface area contributed by atoms with Crippen LogP contribution in [0.1, 0.15) is 79.1 Å². The number of carbonyl (C=O) groups is 2. The number of aromatic amines is 1. The number of H-pyrrole nitrogens is 1. The number of nitrogens with two attached hydrogens (primary N) is 2. The van der Waals surface area contributed by atoms with Crippen molar-refractivity contribution in [1.29, 1.82) is 0 Å². The number of aromatic nitrogens is 2. The monoisotopic (exact) mass is 1050 g/mol. The first kappa shape index (κ1) is 63.5. The Labute approximate surface area is 429 Å². The molecule has 4 heterocycles. The third-order valence-corrected chi connectivity index (χ3v) is 12.8. The summed E-state index contributed by atoms with van der Waals surface area (Å²) in [5.41, 5.74) is 10.3. The van der Waals surface area contributed by atoms with Crippen LogP contribution in [0, 0.1) is 23.6 Å². The second-order valence-corrected chi connectivity index (χ2v) is 19.0. The Morgan fingerprint density at radius 2 is 1.31 bits per heavy atom. The fourth-order valence-corrected chi connectivity index (χ4v) is 8.36. The molecule has 3 aliphatic heterocycles. The van der Waals surface area contributed by atoms with Crippen molar-refractivity contribution in [3.63, 3.8) is 0 Å². The lowest BCUT2D eigenvalue weighted by atomic mass is 9.82. The van der Waals surface area contributed by atoms with Crippen LogP contribution in [0.5, 0.6) is 0 Å². The minimum atomic E-state index is -2.33. The Morgan fingerprint density at radius 1 is 0.730 bits per heavy atom. The van der Waals surface area contributed by atoms with Crippen LogP contribution < -0.4 is 17.2 Å². The number of aliphatic hydroxyl groups is 10. The van der Waals surface area contributed by atoms with Crippen molar-refractivity contribution in [1.82, 2.24) is 9.97 Å². The molecule has 19 atom stereocenters. The Bertz CT molecular complexity index is 2160. The van der Waals surface area contributed by atoms with Crippen LogP contribution in [0.25, 0.3) is 0 Å². The number of aliphatic hydroxyl groups excluding tert-OH is 9. The number of nitrogen functional groups attached to an aromatic ring is 1. The van der Waals surface area contributed by atoms with Gasteiger partial charge in [-0.05, 0) is 33.1 Å². The van der Waals surface area contributed by atoms with Crippen molar-refractivity contribution < 1.29 is 89.1 Å². The summed E-state index contributed by atoms with van der Waals surface area (Å²) in [6.07, 6.45) is 4.23. The molecule has 16 N–H and O–H groups in total. The van der Waals surface area contributed by atoms with Crippen molar-refractivity contribution in [3.05, 3.63) is 108 Å². The van der Waals surface area contributed by atoms with E-state index in [1.54, 1.807) is 80.7 Å². The lowest BCUT2D eigenvalue weighted by Gasteiger charge is -2.45. The van der Waals surface area contributed by atoms with Gasteiger partial charge >= 0.3 is 17.6 Å². The summed E-state index contributed by atoms with van der Waals surface area (Å²) in [6.45, 7) is 6.74. The maximum atomic E-state index is 12.6. The lowest BCUT2D eigenvalue weighted by molar-refractivity contribution is -0.308. The summed E-state index contributed by atoms with van der Waals surface area (Å²) in [4.78, 5) is 40.4. The number of esters is 1. The first-order chi connectivity index (χ1) is 34.8. The van der Waals surface area contributed by atoms with Gasteiger partial charge in [0, 0.05) is 37.5 Å². The summed E-state index contributed by atoms with van der Waals surface area (Å²) in [6, 6.07) is -1.15. The van der Waals surface area contributed by atoms with Gasteiger partial charge in [0.2, 0.25) is 0 Å². The number of carbonyl (C=O) groups excluding carboxylic acids is 1. The molecular formula is C51H77FN4O18. The van der Waals surface area contributed by atoms with Crippen molar-refractivity contribution >= 4 is 17.8 Å². The molecule has 1 aromatic heterocycles. The summed E-state index contributed by atoms with van der Waals surface area (Å²) in [5.74, 6) is -7.82.